The summed E-state index contributed by atoms with van der Waals surface area (Å²) >= 11 is 5.11. The fourth-order valence-electron chi connectivity index (χ4n) is 2.34. The molecular weight excluding hydrogens is 336 g/mol. The van der Waals surface area contributed by atoms with Crippen molar-refractivity contribution in [2.45, 2.75) is 39.3 Å². The fraction of sp³-hybridized carbons (Fsp3) is 0.500. The molecule has 1 aliphatic heterocycles. The van der Waals surface area contributed by atoms with Gasteiger partial charge in [0.1, 0.15) is 15.4 Å². The van der Waals surface area contributed by atoms with Gasteiger partial charge in [-0.2, -0.15) is 0 Å². The topological polar surface area (TPSA) is 41.9 Å². The van der Waals surface area contributed by atoms with E-state index in [1.165, 1.54) is 11.3 Å². The Hall–Kier alpha value is -0.850. The zero-order valence-corrected chi connectivity index (χ0v) is 14.0. The molecule has 0 fully saturated rings. The molecular formula is C14H17BrN4S. The van der Waals surface area contributed by atoms with Gasteiger partial charge in [-0.15, -0.1) is 11.3 Å². The van der Waals surface area contributed by atoms with Crippen LogP contribution in [0.2, 0.25) is 0 Å². The van der Waals surface area contributed by atoms with Crippen molar-refractivity contribution in [1.29, 1.82) is 0 Å². The van der Waals surface area contributed by atoms with Gasteiger partial charge in [-0.05, 0) is 27.9 Å². The van der Waals surface area contributed by atoms with E-state index < -0.39 is 0 Å². The van der Waals surface area contributed by atoms with Gasteiger partial charge in [0.25, 0.3) is 0 Å². The molecule has 0 bridgehead atoms. The Morgan fingerprint density at radius 1 is 1.40 bits per heavy atom. The summed E-state index contributed by atoms with van der Waals surface area (Å²) in [6, 6.07) is 0. The molecule has 0 N–H and O–H groups in total. The fourth-order valence-corrected chi connectivity index (χ4v) is 3.64. The molecule has 3 rings (SSSR count). The van der Waals surface area contributed by atoms with Gasteiger partial charge in [0.2, 0.25) is 0 Å². The highest BCUT2D eigenvalue weighted by Crippen LogP contribution is 2.22. The third-order valence-corrected chi connectivity index (χ3v) is 4.99. The standard InChI is InChI=1S/C14H17BrN4S/c1-9(2)14-16-5-10-3-4-19(6-11(10)17-14)7-13-18-12(15)8-20-13/h5,8-9H,3-4,6-7H2,1-2H3. The molecule has 0 atom stereocenters. The summed E-state index contributed by atoms with van der Waals surface area (Å²) < 4.78 is 0.930. The molecule has 0 aromatic carbocycles. The second-order valence-corrected chi connectivity index (χ2v) is 7.13. The normalized spacial score (nSPS) is 15.6. The number of halogens is 1. The van der Waals surface area contributed by atoms with Crippen molar-refractivity contribution in [2.24, 2.45) is 0 Å². The van der Waals surface area contributed by atoms with E-state index >= 15 is 0 Å². The zero-order chi connectivity index (χ0) is 14.1. The van der Waals surface area contributed by atoms with Gasteiger partial charge in [0, 0.05) is 30.6 Å². The second-order valence-electron chi connectivity index (χ2n) is 5.38. The van der Waals surface area contributed by atoms with Crippen LogP contribution in [0.5, 0.6) is 0 Å². The molecule has 0 saturated heterocycles. The number of thiazole rings is 1. The van der Waals surface area contributed by atoms with Crippen molar-refractivity contribution in [3.63, 3.8) is 0 Å². The summed E-state index contributed by atoms with van der Waals surface area (Å²) in [6.07, 6.45) is 3.04. The number of fused-ring (bicyclic) bond motifs is 1. The van der Waals surface area contributed by atoms with E-state index in [1.807, 2.05) is 11.6 Å². The van der Waals surface area contributed by atoms with Crippen molar-refractivity contribution in [1.82, 2.24) is 19.9 Å². The van der Waals surface area contributed by atoms with Gasteiger partial charge in [0.15, 0.2) is 0 Å². The lowest BCUT2D eigenvalue weighted by molar-refractivity contribution is 0.240. The van der Waals surface area contributed by atoms with Crippen LogP contribution in [-0.2, 0) is 19.5 Å². The Balaban J connectivity index is 1.75. The van der Waals surface area contributed by atoms with E-state index in [9.17, 15) is 0 Å². The number of hydrogen-bond donors (Lipinski definition) is 0. The Kier molecular flexibility index (Phi) is 4.14. The lowest BCUT2D eigenvalue weighted by Gasteiger charge is -2.27. The molecule has 4 nitrogen and oxygen atoms in total. The first-order valence-corrected chi connectivity index (χ1v) is 8.46. The van der Waals surface area contributed by atoms with Gasteiger partial charge in [-0.3, -0.25) is 4.90 Å². The van der Waals surface area contributed by atoms with Crippen LogP contribution in [0.4, 0.5) is 0 Å². The SMILES string of the molecule is CC(C)c1ncc2c(n1)CN(Cc1nc(Br)cs1)CC2. The number of aromatic nitrogens is 3. The van der Waals surface area contributed by atoms with Crippen molar-refractivity contribution in [3.8, 4) is 0 Å². The minimum Gasteiger partial charge on any atom is -0.290 e. The molecule has 2 aromatic heterocycles. The van der Waals surface area contributed by atoms with Crippen molar-refractivity contribution >= 4 is 27.3 Å². The molecule has 0 saturated carbocycles. The van der Waals surface area contributed by atoms with E-state index in [0.29, 0.717) is 5.92 Å². The average molecular weight is 353 g/mol. The molecule has 6 heteroatoms. The van der Waals surface area contributed by atoms with Crippen LogP contribution < -0.4 is 0 Å². The minimum absolute atomic E-state index is 0.380. The summed E-state index contributed by atoms with van der Waals surface area (Å²) in [4.78, 5) is 16.1. The molecule has 106 valence electrons. The predicted octanol–water partition coefficient (Wildman–Crippen LogP) is 3.38. The van der Waals surface area contributed by atoms with E-state index in [4.69, 9.17) is 4.98 Å². The van der Waals surface area contributed by atoms with E-state index in [-0.39, 0.29) is 0 Å². The van der Waals surface area contributed by atoms with Crippen LogP contribution in [0.25, 0.3) is 0 Å². The quantitative estimate of drug-likeness (QED) is 0.848. The van der Waals surface area contributed by atoms with Crippen LogP contribution in [0, 0.1) is 0 Å². The highest BCUT2D eigenvalue weighted by molar-refractivity contribution is 9.10. The summed E-state index contributed by atoms with van der Waals surface area (Å²) in [5.41, 5.74) is 2.48. The van der Waals surface area contributed by atoms with Gasteiger partial charge in [-0.25, -0.2) is 15.0 Å². The molecule has 0 radical (unpaired) electrons. The summed E-state index contributed by atoms with van der Waals surface area (Å²) in [5.74, 6) is 1.33. The molecule has 2 aromatic rings. The Labute approximate surface area is 131 Å². The molecule has 20 heavy (non-hydrogen) atoms. The van der Waals surface area contributed by atoms with Crippen LogP contribution >= 0.6 is 27.3 Å². The molecule has 0 spiro atoms. The van der Waals surface area contributed by atoms with E-state index in [0.717, 1.165) is 41.5 Å². The molecule has 1 aliphatic rings. The summed E-state index contributed by atoms with van der Waals surface area (Å²) in [5, 5.41) is 3.19. The Bertz CT molecular complexity index is 611. The summed E-state index contributed by atoms with van der Waals surface area (Å²) in [7, 11) is 0. The molecule has 0 amide bonds. The first kappa shape index (κ1) is 14.1. The lowest BCUT2D eigenvalue weighted by atomic mass is 10.1. The largest absolute Gasteiger partial charge is 0.290 e. The Morgan fingerprint density at radius 3 is 2.95 bits per heavy atom. The number of hydrogen-bond acceptors (Lipinski definition) is 5. The van der Waals surface area contributed by atoms with Crippen LogP contribution in [0.3, 0.4) is 0 Å². The van der Waals surface area contributed by atoms with Crippen molar-refractivity contribution in [3.05, 3.63) is 38.3 Å². The number of rotatable bonds is 3. The molecule has 3 heterocycles. The minimum atomic E-state index is 0.380. The second kappa shape index (κ2) is 5.87. The smallest absolute Gasteiger partial charge is 0.131 e. The predicted molar refractivity (Wildman–Crippen MR) is 83.8 cm³/mol. The average Bonchev–Trinajstić information content (AvgIpc) is 2.83. The van der Waals surface area contributed by atoms with Crippen molar-refractivity contribution in [2.75, 3.05) is 6.54 Å². The summed E-state index contributed by atoms with van der Waals surface area (Å²) in [6.45, 7) is 7.12. The monoisotopic (exact) mass is 352 g/mol. The highest BCUT2D eigenvalue weighted by atomic mass is 79.9. The van der Waals surface area contributed by atoms with Crippen LogP contribution in [0.15, 0.2) is 16.2 Å². The van der Waals surface area contributed by atoms with Crippen LogP contribution in [0.1, 0.15) is 41.9 Å². The molecule has 0 aliphatic carbocycles. The first-order valence-electron chi connectivity index (χ1n) is 6.79. The zero-order valence-electron chi connectivity index (χ0n) is 11.6. The van der Waals surface area contributed by atoms with E-state index in [2.05, 4.69) is 44.6 Å². The first-order chi connectivity index (χ1) is 9.61. The van der Waals surface area contributed by atoms with E-state index in [1.54, 1.807) is 11.3 Å². The Morgan fingerprint density at radius 2 is 2.25 bits per heavy atom. The van der Waals surface area contributed by atoms with Gasteiger partial charge < -0.3 is 0 Å². The van der Waals surface area contributed by atoms with Crippen LogP contribution in [-0.4, -0.2) is 26.4 Å². The van der Waals surface area contributed by atoms with Gasteiger partial charge in [0.05, 0.1) is 12.2 Å². The highest BCUT2D eigenvalue weighted by Gasteiger charge is 2.20. The third kappa shape index (κ3) is 3.07. The maximum atomic E-state index is 4.73. The third-order valence-electron chi connectivity index (χ3n) is 3.44. The lowest BCUT2D eigenvalue weighted by Crippen LogP contribution is -2.31. The van der Waals surface area contributed by atoms with Crippen molar-refractivity contribution < 1.29 is 0 Å². The van der Waals surface area contributed by atoms with Gasteiger partial charge in [-0.1, -0.05) is 13.8 Å². The maximum Gasteiger partial charge on any atom is 0.131 e. The molecule has 0 unspecified atom stereocenters. The number of nitrogens with zero attached hydrogens (tertiary/aromatic N) is 4. The van der Waals surface area contributed by atoms with Gasteiger partial charge >= 0.3 is 0 Å². The maximum absolute atomic E-state index is 4.73.